The van der Waals surface area contributed by atoms with E-state index in [1.165, 1.54) is 26.8 Å². The van der Waals surface area contributed by atoms with Crippen molar-refractivity contribution in [3.8, 4) is 0 Å². The fraction of sp³-hybridized carbons (Fsp3) is 0.545. The molecule has 0 unspecified atom stereocenters. The molecule has 0 aromatic rings. The second kappa shape index (κ2) is 4.84. The predicted octanol–water partition coefficient (Wildman–Crippen LogP) is 1.71. The van der Waals surface area contributed by atoms with Gasteiger partial charge >= 0.3 is 0 Å². The maximum atomic E-state index is 11.4. The highest BCUT2D eigenvalue weighted by Crippen LogP contribution is 2.30. The van der Waals surface area contributed by atoms with Crippen molar-refractivity contribution in [2.75, 3.05) is 0 Å². The van der Waals surface area contributed by atoms with Crippen molar-refractivity contribution in [1.82, 2.24) is 0 Å². The summed E-state index contributed by atoms with van der Waals surface area (Å²) < 4.78 is 0. The van der Waals surface area contributed by atoms with Crippen LogP contribution >= 0.6 is 0 Å². The average Bonchev–Trinajstić information content (AvgIpc) is 2.01. The lowest BCUT2D eigenvalue weighted by molar-refractivity contribution is -0.142. The van der Waals surface area contributed by atoms with Crippen LogP contribution < -0.4 is 0 Å². The van der Waals surface area contributed by atoms with Gasteiger partial charge in [0.25, 0.3) is 0 Å². The summed E-state index contributed by atoms with van der Waals surface area (Å²) in [5, 5.41) is 0. The summed E-state index contributed by atoms with van der Waals surface area (Å²) in [5.41, 5.74) is -1.17. The lowest BCUT2D eigenvalue weighted by Gasteiger charge is -2.25. The van der Waals surface area contributed by atoms with Gasteiger partial charge in [0, 0.05) is 6.42 Å². The smallest absolute Gasteiger partial charge is 0.144 e. The SMILES string of the molecule is C=CCC(CC(C)=O)(C(C)=O)C(C)=O. The molecule has 0 radical (unpaired) electrons. The van der Waals surface area contributed by atoms with E-state index in [1.54, 1.807) is 0 Å². The van der Waals surface area contributed by atoms with Crippen LogP contribution in [0.4, 0.5) is 0 Å². The summed E-state index contributed by atoms with van der Waals surface area (Å²) in [5.74, 6) is -0.683. The van der Waals surface area contributed by atoms with Gasteiger partial charge in [0.2, 0.25) is 0 Å². The molecule has 0 saturated carbocycles. The number of hydrogen-bond donors (Lipinski definition) is 0. The molecule has 0 aliphatic heterocycles. The van der Waals surface area contributed by atoms with Crippen molar-refractivity contribution in [3.63, 3.8) is 0 Å². The first-order valence-corrected chi connectivity index (χ1v) is 4.49. The minimum Gasteiger partial charge on any atom is -0.300 e. The molecule has 0 saturated heterocycles. The van der Waals surface area contributed by atoms with Crippen molar-refractivity contribution in [2.24, 2.45) is 5.41 Å². The van der Waals surface area contributed by atoms with E-state index in [9.17, 15) is 14.4 Å². The topological polar surface area (TPSA) is 51.2 Å². The number of carbonyl (C=O) groups excluding carboxylic acids is 3. The van der Waals surface area contributed by atoms with Crippen LogP contribution in [0, 0.1) is 5.41 Å². The third-order valence-corrected chi connectivity index (χ3v) is 2.39. The second-order valence-electron chi connectivity index (χ2n) is 3.57. The first-order valence-electron chi connectivity index (χ1n) is 4.49. The van der Waals surface area contributed by atoms with Gasteiger partial charge in [-0.05, 0) is 27.2 Å². The molecule has 0 rings (SSSR count). The van der Waals surface area contributed by atoms with Crippen molar-refractivity contribution in [1.29, 1.82) is 0 Å². The summed E-state index contributed by atoms with van der Waals surface area (Å²) in [4.78, 5) is 33.8. The van der Waals surface area contributed by atoms with E-state index in [4.69, 9.17) is 0 Å². The van der Waals surface area contributed by atoms with E-state index in [-0.39, 0.29) is 30.2 Å². The van der Waals surface area contributed by atoms with Crippen LogP contribution in [-0.2, 0) is 14.4 Å². The Morgan fingerprint density at radius 1 is 1.14 bits per heavy atom. The van der Waals surface area contributed by atoms with Crippen molar-refractivity contribution < 1.29 is 14.4 Å². The highest BCUT2D eigenvalue weighted by Gasteiger charge is 2.40. The molecule has 0 aromatic heterocycles. The highest BCUT2D eigenvalue weighted by molar-refractivity contribution is 6.08. The minimum atomic E-state index is -1.17. The van der Waals surface area contributed by atoms with Crippen LogP contribution in [0.2, 0.25) is 0 Å². The molecule has 0 atom stereocenters. The number of Topliss-reactive ketones (excluding diaryl/α,β-unsaturated/α-hetero) is 3. The van der Waals surface area contributed by atoms with Crippen LogP contribution in [0.15, 0.2) is 12.7 Å². The van der Waals surface area contributed by atoms with E-state index in [0.29, 0.717) is 0 Å². The summed E-state index contributed by atoms with van der Waals surface area (Å²) in [6.45, 7) is 7.56. The number of allylic oxidation sites excluding steroid dienone is 1. The Morgan fingerprint density at radius 2 is 1.57 bits per heavy atom. The second-order valence-corrected chi connectivity index (χ2v) is 3.57. The Labute approximate surface area is 84.2 Å². The van der Waals surface area contributed by atoms with Crippen molar-refractivity contribution in [2.45, 2.75) is 33.6 Å². The first-order chi connectivity index (χ1) is 6.36. The summed E-state index contributed by atoms with van der Waals surface area (Å²) >= 11 is 0. The van der Waals surface area contributed by atoms with Gasteiger partial charge in [0.1, 0.15) is 17.3 Å². The van der Waals surface area contributed by atoms with E-state index >= 15 is 0 Å². The zero-order valence-electron chi connectivity index (χ0n) is 8.92. The highest BCUT2D eigenvalue weighted by atomic mass is 16.2. The Hall–Kier alpha value is -1.25. The van der Waals surface area contributed by atoms with Gasteiger partial charge in [-0.25, -0.2) is 0 Å². The molecule has 0 fully saturated rings. The summed E-state index contributed by atoms with van der Waals surface area (Å²) in [7, 11) is 0. The fourth-order valence-corrected chi connectivity index (χ4v) is 1.53. The van der Waals surface area contributed by atoms with Gasteiger partial charge < -0.3 is 0 Å². The average molecular weight is 196 g/mol. The lowest BCUT2D eigenvalue weighted by atomic mass is 9.73. The first kappa shape index (κ1) is 12.8. The Morgan fingerprint density at radius 3 is 1.79 bits per heavy atom. The van der Waals surface area contributed by atoms with Gasteiger partial charge in [0.15, 0.2) is 0 Å². The van der Waals surface area contributed by atoms with Gasteiger partial charge in [0.05, 0.1) is 5.41 Å². The molecule has 0 N–H and O–H groups in total. The molecule has 0 bridgehead atoms. The van der Waals surface area contributed by atoms with Gasteiger partial charge in [-0.15, -0.1) is 6.58 Å². The van der Waals surface area contributed by atoms with E-state index in [2.05, 4.69) is 6.58 Å². The van der Waals surface area contributed by atoms with Crippen molar-refractivity contribution in [3.05, 3.63) is 12.7 Å². The molecule has 0 spiro atoms. The molecular weight excluding hydrogens is 180 g/mol. The Balaban J connectivity index is 5.13. The third kappa shape index (κ3) is 2.62. The van der Waals surface area contributed by atoms with Gasteiger partial charge in [-0.3, -0.25) is 14.4 Å². The molecule has 0 heterocycles. The molecule has 3 nitrogen and oxygen atoms in total. The lowest BCUT2D eigenvalue weighted by Crippen LogP contribution is -2.37. The normalized spacial score (nSPS) is 10.8. The zero-order valence-corrected chi connectivity index (χ0v) is 8.92. The van der Waals surface area contributed by atoms with Crippen LogP contribution in [-0.4, -0.2) is 17.3 Å². The Kier molecular flexibility index (Phi) is 4.41. The van der Waals surface area contributed by atoms with Gasteiger partial charge in [-0.2, -0.15) is 0 Å². The molecule has 0 amide bonds. The number of ketones is 3. The molecule has 3 heteroatoms. The van der Waals surface area contributed by atoms with Crippen LogP contribution in [0.25, 0.3) is 0 Å². The van der Waals surface area contributed by atoms with E-state index in [0.717, 1.165) is 0 Å². The summed E-state index contributed by atoms with van der Waals surface area (Å²) in [6, 6.07) is 0. The number of hydrogen-bond acceptors (Lipinski definition) is 3. The number of carbonyl (C=O) groups is 3. The standard InChI is InChI=1S/C11H16O3/c1-5-6-11(9(3)13,10(4)14)7-8(2)12/h5H,1,6-7H2,2-4H3. The summed E-state index contributed by atoms with van der Waals surface area (Å²) in [6.07, 6.45) is 1.71. The molecule has 0 aliphatic rings. The van der Waals surface area contributed by atoms with E-state index < -0.39 is 5.41 Å². The molecule has 14 heavy (non-hydrogen) atoms. The number of rotatable bonds is 6. The van der Waals surface area contributed by atoms with Crippen molar-refractivity contribution >= 4 is 17.3 Å². The van der Waals surface area contributed by atoms with Crippen LogP contribution in [0.1, 0.15) is 33.6 Å². The Bertz CT molecular complexity index is 262. The maximum absolute atomic E-state index is 11.4. The maximum Gasteiger partial charge on any atom is 0.144 e. The monoisotopic (exact) mass is 196 g/mol. The molecular formula is C11H16O3. The molecule has 78 valence electrons. The van der Waals surface area contributed by atoms with Gasteiger partial charge in [-0.1, -0.05) is 6.08 Å². The van der Waals surface area contributed by atoms with Crippen LogP contribution in [0.5, 0.6) is 0 Å². The van der Waals surface area contributed by atoms with E-state index in [1.807, 2.05) is 0 Å². The molecule has 0 aliphatic carbocycles. The minimum absolute atomic E-state index is 0.0241. The van der Waals surface area contributed by atoms with Crippen LogP contribution in [0.3, 0.4) is 0 Å². The zero-order chi connectivity index (χ0) is 11.4. The largest absolute Gasteiger partial charge is 0.300 e. The predicted molar refractivity (Wildman–Crippen MR) is 53.9 cm³/mol. The molecule has 0 aromatic carbocycles. The fourth-order valence-electron chi connectivity index (χ4n) is 1.53. The third-order valence-electron chi connectivity index (χ3n) is 2.39. The quantitative estimate of drug-likeness (QED) is 0.480.